The van der Waals surface area contributed by atoms with E-state index in [0.717, 1.165) is 80.6 Å². The van der Waals surface area contributed by atoms with E-state index in [2.05, 4.69) is 58.9 Å². The molecule has 3 saturated heterocycles. The summed E-state index contributed by atoms with van der Waals surface area (Å²) in [5.74, 6) is 0.887. The van der Waals surface area contributed by atoms with Crippen LogP contribution in [0.2, 0.25) is 0 Å². The molecule has 1 aliphatic carbocycles. The lowest BCUT2D eigenvalue weighted by Gasteiger charge is -2.63. The van der Waals surface area contributed by atoms with Crippen LogP contribution in [0.5, 0.6) is 11.5 Å². The fourth-order valence-electron chi connectivity index (χ4n) is 11.0. The Morgan fingerprint density at radius 1 is 1.02 bits per heavy atom. The fourth-order valence-corrected chi connectivity index (χ4v) is 11.0. The number of aromatic nitrogens is 2. The maximum Gasteiger partial charge on any atom is 0.328 e. The molecule has 0 radical (unpaired) electrons. The van der Waals surface area contributed by atoms with Crippen LogP contribution in [0.4, 0.5) is 20.6 Å². The number of carbonyl (C=O) groups excluding carboxylic acids is 3. The van der Waals surface area contributed by atoms with Crippen LogP contribution in [0.3, 0.4) is 0 Å². The molecule has 4 fully saturated rings. The van der Waals surface area contributed by atoms with Crippen molar-refractivity contribution in [3.8, 4) is 17.6 Å². The number of ether oxygens (including phenoxy) is 2. The summed E-state index contributed by atoms with van der Waals surface area (Å²) in [4.78, 5) is 52.5. The van der Waals surface area contributed by atoms with Gasteiger partial charge in [-0.15, -0.1) is 0 Å². The van der Waals surface area contributed by atoms with Gasteiger partial charge in [0.2, 0.25) is 5.91 Å². The normalized spacial score (nSPS) is 22.2. The Morgan fingerprint density at radius 3 is 2.43 bits per heavy atom. The molecule has 4 aromatic rings. The number of hydrogen-bond acceptors (Lipinski definition) is 10. The molecule has 0 bridgehead atoms. The topological polar surface area (TPSA) is 182 Å². The summed E-state index contributed by atoms with van der Waals surface area (Å²) in [6.07, 6.45) is 6.47. The van der Waals surface area contributed by atoms with Gasteiger partial charge in [0.25, 0.3) is 12.4 Å². The highest BCUT2D eigenvalue weighted by molar-refractivity contribution is 6.09. The first kappa shape index (κ1) is 43.4. The third kappa shape index (κ3) is 8.26. The second-order valence-electron chi connectivity index (χ2n) is 18.5. The predicted octanol–water partition coefficient (Wildman–Crippen LogP) is 6.29. The molecule has 4 amide bonds. The molecule has 5 aliphatic rings. The zero-order valence-corrected chi connectivity index (χ0v) is 36.2. The van der Waals surface area contributed by atoms with Crippen LogP contribution in [-0.4, -0.2) is 102 Å². The van der Waals surface area contributed by atoms with Gasteiger partial charge in [-0.25, -0.2) is 9.18 Å². The van der Waals surface area contributed by atoms with Crippen LogP contribution in [0, 0.1) is 33.9 Å². The average Bonchev–Trinajstić information content (AvgIpc) is 3.94. The quantitative estimate of drug-likeness (QED) is 0.161. The largest absolute Gasteiger partial charge is 0.491 e. The Balaban J connectivity index is 0.00000177. The number of halogens is 1. The number of likely N-dealkylation sites (tertiary alicyclic amines) is 1. The second kappa shape index (κ2) is 17.5. The number of fused-ring (bicyclic) bond motifs is 2. The summed E-state index contributed by atoms with van der Waals surface area (Å²) < 4.78 is 30.2. The summed E-state index contributed by atoms with van der Waals surface area (Å²) in [5.41, 5.74) is 3.17. The van der Waals surface area contributed by atoms with Crippen molar-refractivity contribution in [3.63, 3.8) is 0 Å². The van der Waals surface area contributed by atoms with E-state index in [9.17, 15) is 19.6 Å². The van der Waals surface area contributed by atoms with E-state index in [-0.39, 0.29) is 48.7 Å². The molecule has 4 aliphatic heterocycles. The fraction of sp³-hybridized carbons (Fsp3) is 0.489. The van der Waals surface area contributed by atoms with Gasteiger partial charge in [0.05, 0.1) is 41.3 Å². The SMILES string of the molecule is CC1(C)C(NC(=O)c2ccc(N3CCC(CN4CCC(n5ncc6c(N7CCC(=O)NC7=O)cccc65)CC4)CC3)c(F)c2)C(C)(C)C1Oc1ccc(C#N)c2c1CCO2.O=CO. The molecule has 1 aromatic heterocycles. The lowest BCUT2D eigenvalue weighted by Crippen LogP contribution is -2.74. The minimum Gasteiger partial charge on any atom is -0.491 e. The number of nitriles is 1. The molecule has 332 valence electrons. The van der Waals surface area contributed by atoms with Crippen molar-refractivity contribution in [3.05, 3.63) is 77.2 Å². The van der Waals surface area contributed by atoms with Crippen molar-refractivity contribution in [2.75, 3.05) is 55.7 Å². The van der Waals surface area contributed by atoms with Gasteiger partial charge in [-0.3, -0.25) is 29.3 Å². The lowest BCUT2D eigenvalue weighted by molar-refractivity contribution is -0.164. The third-order valence-corrected chi connectivity index (χ3v) is 13.8. The van der Waals surface area contributed by atoms with Crippen LogP contribution >= 0.6 is 0 Å². The molecule has 1 saturated carbocycles. The summed E-state index contributed by atoms with van der Waals surface area (Å²) in [6, 6.07) is 16.2. The van der Waals surface area contributed by atoms with Crippen molar-refractivity contribution in [1.29, 1.82) is 5.26 Å². The number of urea groups is 1. The lowest BCUT2D eigenvalue weighted by atomic mass is 9.49. The number of nitrogens with zero attached hydrogens (tertiary/aromatic N) is 6. The van der Waals surface area contributed by atoms with E-state index in [1.807, 2.05) is 30.5 Å². The van der Waals surface area contributed by atoms with Crippen LogP contribution in [0.15, 0.2) is 54.7 Å². The van der Waals surface area contributed by atoms with Gasteiger partial charge < -0.3 is 29.7 Å². The molecule has 63 heavy (non-hydrogen) atoms. The molecule has 16 heteroatoms. The predicted molar refractivity (Wildman–Crippen MR) is 234 cm³/mol. The molecule has 3 N–H and O–H groups in total. The van der Waals surface area contributed by atoms with Gasteiger partial charge in [0.15, 0.2) is 0 Å². The molecule has 0 spiro atoms. The monoisotopic (exact) mass is 862 g/mol. The number of carbonyl (C=O) groups is 4. The summed E-state index contributed by atoms with van der Waals surface area (Å²) in [6.45, 7) is 13.4. The first-order chi connectivity index (χ1) is 30.2. The smallest absolute Gasteiger partial charge is 0.328 e. The number of anilines is 2. The van der Waals surface area contributed by atoms with E-state index in [1.54, 1.807) is 23.1 Å². The van der Waals surface area contributed by atoms with Crippen LogP contribution in [0.25, 0.3) is 10.9 Å². The zero-order valence-electron chi connectivity index (χ0n) is 36.2. The highest BCUT2D eigenvalue weighted by Gasteiger charge is 2.64. The van der Waals surface area contributed by atoms with E-state index in [4.69, 9.17) is 24.5 Å². The van der Waals surface area contributed by atoms with Crippen molar-refractivity contribution in [2.24, 2.45) is 16.7 Å². The van der Waals surface area contributed by atoms with Crippen molar-refractivity contribution in [1.82, 2.24) is 25.3 Å². The molecule has 9 rings (SSSR count). The molecule has 15 nitrogen and oxygen atoms in total. The molecule has 5 heterocycles. The van der Waals surface area contributed by atoms with Gasteiger partial charge in [0, 0.05) is 85.5 Å². The van der Waals surface area contributed by atoms with Crippen LogP contribution in [-0.2, 0) is 16.0 Å². The van der Waals surface area contributed by atoms with Crippen molar-refractivity contribution >= 4 is 46.6 Å². The second-order valence-corrected chi connectivity index (χ2v) is 18.5. The third-order valence-electron chi connectivity index (χ3n) is 13.8. The Bertz CT molecular complexity index is 2430. The van der Waals surface area contributed by atoms with E-state index >= 15 is 4.39 Å². The summed E-state index contributed by atoms with van der Waals surface area (Å²) in [7, 11) is 0. The number of benzene rings is 3. The minimum atomic E-state index is -0.420. The summed E-state index contributed by atoms with van der Waals surface area (Å²) in [5, 5.41) is 27.7. The first-order valence-electron chi connectivity index (χ1n) is 21.8. The van der Waals surface area contributed by atoms with Crippen LogP contribution < -0.4 is 29.9 Å². The van der Waals surface area contributed by atoms with Crippen molar-refractivity contribution in [2.45, 2.75) is 84.4 Å². The number of imide groups is 1. The highest BCUT2D eigenvalue weighted by atomic mass is 19.1. The van der Waals surface area contributed by atoms with Gasteiger partial charge in [-0.05, 0) is 74.1 Å². The first-order valence-corrected chi connectivity index (χ1v) is 21.8. The van der Waals surface area contributed by atoms with E-state index < -0.39 is 16.9 Å². The Hall–Kier alpha value is -6.21. The Kier molecular flexibility index (Phi) is 12.1. The number of carboxylic acid groups (broad SMARTS) is 1. The zero-order chi connectivity index (χ0) is 44.6. The van der Waals surface area contributed by atoms with Gasteiger partial charge in [0.1, 0.15) is 29.5 Å². The maximum absolute atomic E-state index is 15.7. The molecular formula is C47H55FN8O7. The molecule has 3 aromatic carbocycles. The Morgan fingerprint density at radius 2 is 1.75 bits per heavy atom. The number of nitrogens with one attached hydrogen (secondary N) is 2. The number of amides is 4. The number of piperidine rings is 2. The Labute approximate surface area is 366 Å². The van der Waals surface area contributed by atoms with Gasteiger partial charge in [-0.2, -0.15) is 10.4 Å². The van der Waals surface area contributed by atoms with Gasteiger partial charge >= 0.3 is 6.03 Å². The van der Waals surface area contributed by atoms with Crippen molar-refractivity contribution < 1.29 is 38.1 Å². The average molecular weight is 863 g/mol. The van der Waals surface area contributed by atoms with Crippen LogP contribution in [0.1, 0.15) is 87.3 Å². The molecule has 0 unspecified atom stereocenters. The molecule has 0 atom stereocenters. The maximum atomic E-state index is 15.7. The highest BCUT2D eigenvalue weighted by Crippen LogP contribution is 2.56. The molecular weight excluding hydrogens is 808 g/mol. The number of rotatable bonds is 9. The summed E-state index contributed by atoms with van der Waals surface area (Å²) >= 11 is 0. The minimum absolute atomic E-state index is 0.216. The number of hydrogen-bond donors (Lipinski definition) is 3. The van der Waals surface area contributed by atoms with E-state index in [1.165, 1.54) is 6.07 Å². The van der Waals surface area contributed by atoms with E-state index in [0.29, 0.717) is 53.8 Å². The standard InChI is InChI=1S/C46H53FN8O5.CH2O2/c1-45(2)42(46(3,4)43(45)60-38-11-9-30(25-48)40-32(38)17-23-59-40)51-41(57)29-8-10-37(34(47)24-29)53-20-12-28(13-21-53)27-52-18-14-31(15-19-52)55-36-7-5-6-35(33(36)26-49-55)54-22-16-39(56)50-44(54)58;2-1-3/h5-11,24,26,28,31,42-43H,12-23,27H2,1-4H3,(H,51,57)(H,50,56,58);1H,(H,2,3). The van der Waals surface area contributed by atoms with Gasteiger partial charge in [-0.1, -0.05) is 33.8 Å².